The maximum atomic E-state index is 12.2. The fourth-order valence-electron chi connectivity index (χ4n) is 1.99. The van der Waals surface area contributed by atoms with Gasteiger partial charge >= 0.3 is 5.97 Å². The number of ether oxygens (including phenoxy) is 1. The van der Waals surface area contributed by atoms with Gasteiger partial charge in [0.1, 0.15) is 0 Å². The van der Waals surface area contributed by atoms with Crippen molar-refractivity contribution in [3.05, 3.63) is 36.0 Å². The molecule has 0 saturated carbocycles. The predicted molar refractivity (Wildman–Crippen MR) is 76.5 cm³/mol. The van der Waals surface area contributed by atoms with Crippen LogP contribution < -0.4 is 0 Å². The van der Waals surface area contributed by atoms with Gasteiger partial charge in [0.25, 0.3) is 5.91 Å². The number of carbonyl (C=O) groups excluding carboxylic acids is 2. The molecule has 5 heteroatoms. The van der Waals surface area contributed by atoms with Crippen LogP contribution in [0.1, 0.15) is 23.7 Å². The van der Waals surface area contributed by atoms with E-state index in [0.29, 0.717) is 18.7 Å². The molecule has 0 radical (unpaired) electrons. The van der Waals surface area contributed by atoms with Crippen molar-refractivity contribution in [2.45, 2.75) is 13.3 Å². The van der Waals surface area contributed by atoms with Crippen LogP contribution in [0.5, 0.6) is 0 Å². The number of carbonyl (C=O) groups is 2. The van der Waals surface area contributed by atoms with Crippen LogP contribution in [0, 0.1) is 0 Å². The van der Waals surface area contributed by atoms with Crippen molar-refractivity contribution in [2.75, 3.05) is 20.2 Å². The van der Waals surface area contributed by atoms with Gasteiger partial charge in [-0.25, -0.2) is 0 Å². The molecule has 0 spiro atoms. The van der Waals surface area contributed by atoms with Crippen LogP contribution in [0.2, 0.25) is 0 Å². The van der Waals surface area contributed by atoms with Crippen molar-refractivity contribution in [3.63, 3.8) is 0 Å². The molecule has 1 aromatic carbocycles. The number of esters is 1. The molecule has 0 aliphatic carbocycles. The summed E-state index contributed by atoms with van der Waals surface area (Å²) in [6.07, 6.45) is 2.05. The number of benzene rings is 1. The Balaban J connectivity index is 2.00. The molecule has 0 fully saturated rings. The van der Waals surface area contributed by atoms with Crippen molar-refractivity contribution in [3.8, 4) is 0 Å². The van der Waals surface area contributed by atoms with Crippen LogP contribution in [0.25, 0.3) is 10.9 Å². The van der Waals surface area contributed by atoms with Gasteiger partial charge in [0.15, 0.2) is 0 Å². The molecule has 0 bridgehead atoms. The third kappa shape index (κ3) is 3.17. The number of rotatable bonds is 5. The maximum Gasteiger partial charge on any atom is 0.307 e. The van der Waals surface area contributed by atoms with Crippen LogP contribution >= 0.6 is 0 Å². The number of hydrogen-bond acceptors (Lipinski definition) is 3. The molecule has 20 heavy (non-hydrogen) atoms. The first kappa shape index (κ1) is 14.1. The van der Waals surface area contributed by atoms with E-state index >= 15 is 0 Å². The summed E-state index contributed by atoms with van der Waals surface area (Å²) in [4.78, 5) is 28.1. The second-order valence-electron chi connectivity index (χ2n) is 4.56. The van der Waals surface area contributed by atoms with Crippen LogP contribution in [-0.4, -0.2) is 42.0 Å². The van der Waals surface area contributed by atoms with Crippen LogP contribution in [-0.2, 0) is 9.53 Å². The molecule has 1 aromatic heterocycles. The van der Waals surface area contributed by atoms with Crippen molar-refractivity contribution in [2.24, 2.45) is 0 Å². The summed E-state index contributed by atoms with van der Waals surface area (Å²) in [7, 11) is 1.68. The monoisotopic (exact) mass is 274 g/mol. The Morgan fingerprint density at radius 3 is 2.85 bits per heavy atom. The zero-order valence-corrected chi connectivity index (χ0v) is 11.7. The zero-order chi connectivity index (χ0) is 14.5. The summed E-state index contributed by atoms with van der Waals surface area (Å²) in [5.41, 5.74) is 1.53. The largest absolute Gasteiger partial charge is 0.466 e. The first-order valence-electron chi connectivity index (χ1n) is 6.60. The van der Waals surface area contributed by atoms with E-state index in [1.54, 1.807) is 20.0 Å². The standard InChI is InChI=1S/C15H18N2O3/c1-3-20-14(18)7-9-17(2)15(19)12-5-4-11-6-8-16-13(11)10-12/h4-6,8,10,16H,3,7,9H2,1-2H3. The summed E-state index contributed by atoms with van der Waals surface area (Å²) in [6.45, 7) is 2.47. The lowest BCUT2D eigenvalue weighted by molar-refractivity contribution is -0.143. The van der Waals surface area contributed by atoms with E-state index in [1.807, 2.05) is 24.4 Å². The molecule has 0 atom stereocenters. The van der Waals surface area contributed by atoms with Gasteiger partial charge in [0.05, 0.1) is 13.0 Å². The molecular formula is C15H18N2O3. The predicted octanol–water partition coefficient (Wildman–Crippen LogP) is 2.19. The fraction of sp³-hybridized carbons (Fsp3) is 0.333. The molecule has 1 heterocycles. The Hall–Kier alpha value is -2.30. The number of nitrogens with zero attached hydrogens (tertiary/aromatic N) is 1. The van der Waals surface area contributed by atoms with Crippen molar-refractivity contribution < 1.29 is 14.3 Å². The molecule has 2 rings (SSSR count). The van der Waals surface area contributed by atoms with E-state index in [-0.39, 0.29) is 18.3 Å². The van der Waals surface area contributed by atoms with Gasteiger partial charge in [0, 0.05) is 30.9 Å². The third-order valence-corrected chi connectivity index (χ3v) is 3.11. The topological polar surface area (TPSA) is 62.4 Å². The first-order valence-corrected chi connectivity index (χ1v) is 6.60. The summed E-state index contributed by atoms with van der Waals surface area (Å²) in [6, 6.07) is 7.46. The molecule has 0 unspecified atom stereocenters. The van der Waals surface area contributed by atoms with E-state index in [9.17, 15) is 9.59 Å². The van der Waals surface area contributed by atoms with Gasteiger partial charge < -0.3 is 14.6 Å². The van der Waals surface area contributed by atoms with Gasteiger partial charge in [-0.15, -0.1) is 0 Å². The fourth-order valence-corrected chi connectivity index (χ4v) is 1.99. The summed E-state index contributed by atoms with van der Waals surface area (Å²) in [5.74, 6) is -0.391. The lowest BCUT2D eigenvalue weighted by Crippen LogP contribution is -2.29. The second-order valence-corrected chi connectivity index (χ2v) is 4.56. The average Bonchev–Trinajstić information content (AvgIpc) is 2.91. The number of fused-ring (bicyclic) bond motifs is 1. The van der Waals surface area contributed by atoms with E-state index in [2.05, 4.69) is 4.98 Å². The Morgan fingerprint density at radius 2 is 2.10 bits per heavy atom. The summed E-state index contributed by atoms with van der Waals surface area (Å²) >= 11 is 0. The summed E-state index contributed by atoms with van der Waals surface area (Å²) < 4.78 is 4.84. The van der Waals surface area contributed by atoms with Crippen LogP contribution in [0.3, 0.4) is 0 Å². The maximum absolute atomic E-state index is 12.2. The van der Waals surface area contributed by atoms with Gasteiger partial charge in [-0.1, -0.05) is 6.07 Å². The van der Waals surface area contributed by atoms with Gasteiger partial charge in [-0.3, -0.25) is 9.59 Å². The smallest absolute Gasteiger partial charge is 0.307 e. The van der Waals surface area contributed by atoms with Crippen LogP contribution in [0.4, 0.5) is 0 Å². The Labute approximate surface area is 117 Å². The van der Waals surface area contributed by atoms with Gasteiger partial charge in [-0.05, 0) is 30.5 Å². The molecule has 0 aliphatic heterocycles. The van der Waals surface area contributed by atoms with Gasteiger partial charge in [0.2, 0.25) is 0 Å². The zero-order valence-electron chi connectivity index (χ0n) is 11.7. The minimum Gasteiger partial charge on any atom is -0.466 e. The SMILES string of the molecule is CCOC(=O)CCN(C)C(=O)c1ccc2cc[nH]c2c1. The van der Waals surface area contributed by atoms with E-state index < -0.39 is 0 Å². The number of H-pyrrole nitrogens is 1. The molecule has 5 nitrogen and oxygen atoms in total. The lowest BCUT2D eigenvalue weighted by Gasteiger charge is -2.16. The normalized spacial score (nSPS) is 10.5. The lowest BCUT2D eigenvalue weighted by atomic mass is 10.1. The molecule has 0 aliphatic rings. The molecule has 106 valence electrons. The van der Waals surface area contributed by atoms with E-state index in [0.717, 1.165) is 10.9 Å². The van der Waals surface area contributed by atoms with Crippen molar-refractivity contribution >= 4 is 22.8 Å². The minimum atomic E-state index is -0.285. The molecular weight excluding hydrogens is 256 g/mol. The molecule has 1 amide bonds. The number of amides is 1. The average molecular weight is 274 g/mol. The second kappa shape index (κ2) is 6.23. The van der Waals surface area contributed by atoms with Crippen molar-refractivity contribution in [1.82, 2.24) is 9.88 Å². The number of aromatic nitrogens is 1. The van der Waals surface area contributed by atoms with E-state index in [1.165, 1.54) is 4.90 Å². The quantitative estimate of drug-likeness (QED) is 0.850. The summed E-state index contributed by atoms with van der Waals surface area (Å²) in [5, 5.41) is 1.07. The Kier molecular flexibility index (Phi) is 4.40. The third-order valence-electron chi connectivity index (χ3n) is 3.11. The van der Waals surface area contributed by atoms with Crippen molar-refractivity contribution in [1.29, 1.82) is 0 Å². The Morgan fingerprint density at radius 1 is 1.30 bits per heavy atom. The first-order chi connectivity index (χ1) is 9.61. The minimum absolute atomic E-state index is 0.106. The highest BCUT2D eigenvalue weighted by Crippen LogP contribution is 2.15. The molecule has 2 aromatic rings. The highest BCUT2D eigenvalue weighted by atomic mass is 16.5. The van der Waals surface area contributed by atoms with Crippen LogP contribution in [0.15, 0.2) is 30.5 Å². The highest BCUT2D eigenvalue weighted by Gasteiger charge is 2.14. The number of nitrogens with one attached hydrogen (secondary N) is 1. The van der Waals surface area contributed by atoms with E-state index in [4.69, 9.17) is 4.74 Å². The van der Waals surface area contributed by atoms with Gasteiger partial charge in [-0.2, -0.15) is 0 Å². The Bertz CT molecular complexity index is 618. The molecule has 1 N–H and O–H groups in total. The number of hydrogen-bond donors (Lipinski definition) is 1. The molecule has 0 saturated heterocycles. The highest BCUT2D eigenvalue weighted by molar-refractivity contribution is 5.97. The number of aromatic amines is 1.